The minimum Gasteiger partial charge on any atom is -0.395 e. The van der Waals surface area contributed by atoms with Crippen LogP contribution in [0.5, 0.6) is 0 Å². The molecule has 1 aromatic heterocycles. The standard InChI is InChI=1S/C13H16FNO2S/c1-15-12(7-16)13(17,8-14)10-3-2-9-4-5-18-11(9)6-10/h2-6,12,15-17H,7-8H2,1H3. The van der Waals surface area contributed by atoms with Crippen LogP contribution in [-0.2, 0) is 5.60 Å². The number of benzene rings is 1. The monoisotopic (exact) mass is 269 g/mol. The lowest BCUT2D eigenvalue weighted by molar-refractivity contribution is -0.0385. The number of likely N-dealkylation sites (N-methyl/N-ethyl adjacent to an activating group) is 1. The Morgan fingerprint density at radius 1 is 1.44 bits per heavy atom. The third-order valence-electron chi connectivity index (χ3n) is 3.27. The maximum absolute atomic E-state index is 13.3. The molecule has 0 fully saturated rings. The van der Waals surface area contributed by atoms with E-state index in [-0.39, 0.29) is 6.61 Å². The lowest BCUT2D eigenvalue weighted by Crippen LogP contribution is -2.51. The van der Waals surface area contributed by atoms with Crippen molar-refractivity contribution in [2.45, 2.75) is 11.6 Å². The van der Waals surface area contributed by atoms with Gasteiger partial charge >= 0.3 is 0 Å². The molecule has 0 saturated heterocycles. The van der Waals surface area contributed by atoms with E-state index in [2.05, 4.69) is 5.32 Å². The molecule has 2 atom stereocenters. The molecule has 5 heteroatoms. The van der Waals surface area contributed by atoms with Crippen LogP contribution in [0, 0.1) is 0 Å². The molecule has 0 radical (unpaired) electrons. The van der Waals surface area contributed by atoms with Crippen LogP contribution in [0.3, 0.4) is 0 Å². The molecule has 3 N–H and O–H groups in total. The predicted octanol–water partition coefficient (Wildman–Crippen LogP) is 1.64. The van der Waals surface area contributed by atoms with Crippen LogP contribution in [0.1, 0.15) is 5.56 Å². The highest BCUT2D eigenvalue weighted by molar-refractivity contribution is 7.17. The van der Waals surface area contributed by atoms with Gasteiger partial charge in [-0.1, -0.05) is 12.1 Å². The molecule has 2 aromatic rings. The van der Waals surface area contributed by atoms with Gasteiger partial charge in [0, 0.05) is 4.70 Å². The highest BCUT2D eigenvalue weighted by Gasteiger charge is 2.37. The van der Waals surface area contributed by atoms with Crippen LogP contribution in [0.25, 0.3) is 10.1 Å². The van der Waals surface area contributed by atoms with Crippen LogP contribution < -0.4 is 5.32 Å². The first-order chi connectivity index (χ1) is 8.65. The number of hydrogen-bond acceptors (Lipinski definition) is 4. The number of nitrogens with one attached hydrogen (secondary N) is 1. The van der Waals surface area contributed by atoms with Crippen molar-refractivity contribution in [1.29, 1.82) is 0 Å². The zero-order valence-electron chi connectivity index (χ0n) is 10.1. The average molecular weight is 269 g/mol. The van der Waals surface area contributed by atoms with Crippen LogP contribution >= 0.6 is 11.3 Å². The van der Waals surface area contributed by atoms with Gasteiger partial charge in [0.25, 0.3) is 0 Å². The van der Waals surface area contributed by atoms with Gasteiger partial charge < -0.3 is 15.5 Å². The van der Waals surface area contributed by atoms with E-state index in [1.54, 1.807) is 19.2 Å². The van der Waals surface area contributed by atoms with Gasteiger partial charge in [-0.2, -0.15) is 0 Å². The molecule has 98 valence electrons. The van der Waals surface area contributed by atoms with Crippen molar-refractivity contribution < 1.29 is 14.6 Å². The molecule has 0 bridgehead atoms. The summed E-state index contributed by atoms with van der Waals surface area (Å²) in [6, 6.07) is 6.57. The molecule has 0 spiro atoms. The highest BCUT2D eigenvalue weighted by Crippen LogP contribution is 2.30. The summed E-state index contributed by atoms with van der Waals surface area (Å²) < 4.78 is 14.3. The molecule has 18 heavy (non-hydrogen) atoms. The van der Waals surface area contributed by atoms with E-state index in [1.165, 1.54) is 11.3 Å². The Bertz CT molecular complexity index is 526. The van der Waals surface area contributed by atoms with Gasteiger partial charge in [-0.15, -0.1) is 11.3 Å². The van der Waals surface area contributed by atoms with Crippen molar-refractivity contribution in [3.05, 3.63) is 35.2 Å². The predicted molar refractivity (Wildman–Crippen MR) is 71.6 cm³/mol. The Morgan fingerprint density at radius 2 is 2.22 bits per heavy atom. The Hall–Kier alpha value is -1.01. The first-order valence-corrected chi connectivity index (χ1v) is 6.58. The maximum Gasteiger partial charge on any atom is 0.135 e. The lowest BCUT2D eigenvalue weighted by Gasteiger charge is -2.33. The quantitative estimate of drug-likeness (QED) is 0.773. The van der Waals surface area contributed by atoms with Crippen molar-refractivity contribution in [2.75, 3.05) is 20.3 Å². The molecule has 0 aliphatic heterocycles. The molecular formula is C13H16FNO2S. The summed E-state index contributed by atoms with van der Waals surface area (Å²) in [4.78, 5) is 0. The van der Waals surface area contributed by atoms with Crippen LogP contribution in [0.4, 0.5) is 4.39 Å². The van der Waals surface area contributed by atoms with Gasteiger partial charge in [-0.05, 0) is 35.5 Å². The first kappa shape index (κ1) is 13.4. The molecule has 1 aromatic carbocycles. The Balaban J connectivity index is 2.47. The van der Waals surface area contributed by atoms with Gasteiger partial charge in [-0.3, -0.25) is 0 Å². The Kier molecular flexibility index (Phi) is 3.97. The fourth-order valence-corrected chi connectivity index (χ4v) is 2.91. The van der Waals surface area contributed by atoms with Crippen molar-refractivity contribution in [3.63, 3.8) is 0 Å². The molecule has 0 aliphatic rings. The Labute approximate surface area is 109 Å². The minimum atomic E-state index is -1.71. The molecule has 0 saturated carbocycles. The second kappa shape index (κ2) is 5.32. The van der Waals surface area contributed by atoms with E-state index < -0.39 is 18.3 Å². The van der Waals surface area contributed by atoms with Gasteiger partial charge in [0.15, 0.2) is 0 Å². The number of aliphatic hydroxyl groups excluding tert-OH is 1. The fraction of sp³-hybridized carbons (Fsp3) is 0.385. The summed E-state index contributed by atoms with van der Waals surface area (Å²) in [6.45, 7) is -1.28. The largest absolute Gasteiger partial charge is 0.395 e. The van der Waals surface area contributed by atoms with Crippen molar-refractivity contribution in [3.8, 4) is 0 Å². The average Bonchev–Trinajstić information content (AvgIpc) is 2.86. The third-order valence-corrected chi connectivity index (χ3v) is 4.15. The summed E-state index contributed by atoms with van der Waals surface area (Å²) in [5, 5.41) is 25.5. The number of aliphatic hydroxyl groups is 2. The van der Waals surface area contributed by atoms with Crippen molar-refractivity contribution in [2.24, 2.45) is 0 Å². The molecule has 2 unspecified atom stereocenters. The molecular weight excluding hydrogens is 253 g/mol. The first-order valence-electron chi connectivity index (χ1n) is 5.70. The summed E-state index contributed by atoms with van der Waals surface area (Å²) in [6.07, 6.45) is 0. The third kappa shape index (κ3) is 2.14. The van der Waals surface area contributed by atoms with Crippen molar-refractivity contribution in [1.82, 2.24) is 5.32 Å². The number of fused-ring (bicyclic) bond motifs is 1. The topological polar surface area (TPSA) is 52.5 Å². The second-order valence-corrected chi connectivity index (χ2v) is 5.20. The van der Waals surface area contributed by atoms with Gasteiger partial charge in [-0.25, -0.2) is 4.39 Å². The molecule has 0 amide bonds. The maximum atomic E-state index is 13.3. The van der Waals surface area contributed by atoms with Gasteiger partial charge in [0.1, 0.15) is 12.3 Å². The smallest absolute Gasteiger partial charge is 0.135 e. The van der Waals surface area contributed by atoms with Crippen LogP contribution in [0.2, 0.25) is 0 Å². The molecule has 3 nitrogen and oxygen atoms in total. The Morgan fingerprint density at radius 3 is 2.83 bits per heavy atom. The fourth-order valence-electron chi connectivity index (χ4n) is 2.08. The summed E-state index contributed by atoms with van der Waals surface area (Å²) >= 11 is 1.54. The number of hydrogen-bond donors (Lipinski definition) is 3. The van der Waals surface area contributed by atoms with Crippen LogP contribution in [-0.4, -0.2) is 36.6 Å². The van der Waals surface area contributed by atoms with Gasteiger partial charge in [0.05, 0.1) is 12.6 Å². The number of alkyl halides is 1. The second-order valence-electron chi connectivity index (χ2n) is 4.25. The molecule has 0 aliphatic carbocycles. The number of halogens is 1. The van der Waals surface area contributed by atoms with Gasteiger partial charge in [0.2, 0.25) is 0 Å². The van der Waals surface area contributed by atoms with Crippen LogP contribution in [0.15, 0.2) is 29.6 Å². The normalized spacial score (nSPS) is 16.7. The summed E-state index contributed by atoms with van der Waals surface area (Å²) in [7, 11) is 1.59. The zero-order chi connectivity index (χ0) is 13.2. The zero-order valence-corrected chi connectivity index (χ0v) is 10.9. The minimum absolute atomic E-state index is 0.334. The van der Waals surface area contributed by atoms with E-state index >= 15 is 0 Å². The summed E-state index contributed by atoms with van der Waals surface area (Å²) in [5.41, 5.74) is -1.23. The molecule has 1 heterocycles. The number of rotatable bonds is 5. The van der Waals surface area contributed by atoms with E-state index in [0.717, 1.165) is 10.1 Å². The van der Waals surface area contributed by atoms with E-state index in [4.69, 9.17) is 0 Å². The SMILES string of the molecule is CNC(CO)C(O)(CF)c1ccc2ccsc2c1. The summed E-state index contributed by atoms with van der Waals surface area (Å²) in [5.74, 6) is 0. The highest BCUT2D eigenvalue weighted by atomic mass is 32.1. The lowest BCUT2D eigenvalue weighted by atomic mass is 9.87. The van der Waals surface area contributed by atoms with Crippen molar-refractivity contribution >= 4 is 21.4 Å². The van der Waals surface area contributed by atoms with E-state index in [9.17, 15) is 14.6 Å². The number of thiophene rings is 1. The van der Waals surface area contributed by atoms with E-state index in [0.29, 0.717) is 5.56 Å². The van der Waals surface area contributed by atoms with E-state index in [1.807, 2.05) is 17.5 Å². The molecule has 2 rings (SSSR count).